The smallest absolute Gasteiger partial charge is 0.143 e. The average Bonchev–Trinajstić information content (AvgIpc) is 2.69. The molecule has 1 aliphatic heterocycles. The fourth-order valence-corrected chi connectivity index (χ4v) is 2.93. The van der Waals surface area contributed by atoms with Gasteiger partial charge >= 0.3 is 0 Å². The lowest BCUT2D eigenvalue weighted by Crippen LogP contribution is -2.06. The molecule has 0 bridgehead atoms. The zero-order valence-electron chi connectivity index (χ0n) is 9.23. The van der Waals surface area contributed by atoms with Gasteiger partial charge in [0.15, 0.2) is 0 Å². The standard InChI is InChI=1S/C11H17N3S/c1-7(2)8-6-10(12)14-11(13-8)9-4-3-5-15-9/h6-7,9H,3-5H2,1-2H3,(H2,12,13,14). The molecule has 15 heavy (non-hydrogen) atoms. The van der Waals surface area contributed by atoms with E-state index in [9.17, 15) is 0 Å². The lowest BCUT2D eigenvalue weighted by atomic mass is 10.1. The molecule has 1 aromatic heterocycles. The first kappa shape index (κ1) is 10.7. The van der Waals surface area contributed by atoms with Crippen molar-refractivity contribution in [1.82, 2.24) is 9.97 Å². The fraction of sp³-hybridized carbons (Fsp3) is 0.636. The third-order valence-electron chi connectivity index (χ3n) is 2.59. The third kappa shape index (κ3) is 2.43. The van der Waals surface area contributed by atoms with Gasteiger partial charge in [0.2, 0.25) is 0 Å². The van der Waals surface area contributed by atoms with E-state index in [2.05, 4.69) is 23.8 Å². The Bertz CT molecular complexity index is 346. The van der Waals surface area contributed by atoms with Crippen molar-refractivity contribution in [2.24, 2.45) is 0 Å². The quantitative estimate of drug-likeness (QED) is 0.837. The Morgan fingerprint density at radius 2 is 2.27 bits per heavy atom. The molecule has 0 saturated carbocycles. The van der Waals surface area contributed by atoms with Crippen LogP contribution in [-0.2, 0) is 0 Å². The highest BCUT2D eigenvalue weighted by Gasteiger charge is 2.21. The topological polar surface area (TPSA) is 51.8 Å². The minimum atomic E-state index is 0.417. The Hall–Kier alpha value is -0.770. The number of aromatic nitrogens is 2. The largest absolute Gasteiger partial charge is 0.384 e. The normalized spacial score (nSPS) is 21.1. The van der Waals surface area contributed by atoms with E-state index < -0.39 is 0 Å². The summed E-state index contributed by atoms with van der Waals surface area (Å²) in [5.41, 5.74) is 6.86. The van der Waals surface area contributed by atoms with Gasteiger partial charge in [-0.25, -0.2) is 9.97 Å². The van der Waals surface area contributed by atoms with Crippen molar-refractivity contribution < 1.29 is 0 Å². The molecular weight excluding hydrogens is 206 g/mol. The van der Waals surface area contributed by atoms with Gasteiger partial charge in [-0.3, -0.25) is 0 Å². The van der Waals surface area contributed by atoms with Crippen molar-refractivity contribution >= 4 is 17.6 Å². The molecule has 1 fully saturated rings. The second-order valence-corrected chi connectivity index (χ2v) is 5.54. The third-order valence-corrected chi connectivity index (χ3v) is 3.97. The Balaban J connectivity index is 2.30. The molecule has 1 saturated heterocycles. The molecule has 0 radical (unpaired) electrons. The molecule has 82 valence electrons. The SMILES string of the molecule is CC(C)c1cc(N)nc(C2CCCS2)n1. The van der Waals surface area contributed by atoms with E-state index in [1.807, 2.05) is 17.8 Å². The molecule has 4 heteroatoms. The summed E-state index contributed by atoms with van der Waals surface area (Å²) < 4.78 is 0. The molecule has 1 aromatic rings. The average molecular weight is 223 g/mol. The van der Waals surface area contributed by atoms with Crippen LogP contribution in [0.4, 0.5) is 5.82 Å². The Labute approximate surface area is 94.9 Å². The van der Waals surface area contributed by atoms with Gasteiger partial charge in [-0.05, 0) is 24.5 Å². The second-order valence-electron chi connectivity index (χ2n) is 4.23. The summed E-state index contributed by atoms with van der Waals surface area (Å²) >= 11 is 1.94. The molecule has 2 rings (SSSR count). The predicted molar refractivity (Wildman–Crippen MR) is 65.0 cm³/mol. The van der Waals surface area contributed by atoms with Gasteiger partial charge < -0.3 is 5.73 Å². The number of nitrogens with two attached hydrogens (primary N) is 1. The van der Waals surface area contributed by atoms with E-state index in [0.717, 1.165) is 11.5 Å². The van der Waals surface area contributed by atoms with Crippen LogP contribution in [0.1, 0.15) is 49.4 Å². The van der Waals surface area contributed by atoms with Crippen molar-refractivity contribution in [2.75, 3.05) is 11.5 Å². The van der Waals surface area contributed by atoms with Gasteiger partial charge in [0.25, 0.3) is 0 Å². The molecular formula is C11H17N3S. The molecule has 0 aliphatic carbocycles. The summed E-state index contributed by atoms with van der Waals surface area (Å²) in [6, 6.07) is 1.88. The molecule has 1 atom stereocenters. The van der Waals surface area contributed by atoms with E-state index in [-0.39, 0.29) is 0 Å². The molecule has 1 aliphatic rings. The molecule has 2 N–H and O–H groups in total. The minimum absolute atomic E-state index is 0.417. The van der Waals surface area contributed by atoms with Crippen LogP contribution in [0, 0.1) is 0 Å². The molecule has 0 aromatic carbocycles. The number of hydrogen-bond acceptors (Lipinski definition) is 4. The van der Waals surface area contributed by atoms with Gasteiger partial charge in [-0.2, -0.15) is 11.8 Å². The summed E-state index contributed by atoms with van der Waals surface area (Å²) in [5.74, 6) is 3.18. The first-order valence-electron chi connectivity index (χ1n) is 5.43. The van der Waals surface area contributed by atoms with Gasteiger partial charge in [0.1, 0.15) is 11.6 Å². The van der Waals surface area contributed by atoms with Crippen LogP contribution in [0.3, 0.4) is 0 Å². The van der Waals surface area contributed by atoms with E-state index in [0.29, 0.717) is 17.0 Å². The van der Waals surface area contributed by atoms with Crippen molar-refractivity contribution in [2.45, 2.75) is 37.9 Å². The number of thioether (sulfide) groups is 1. The first-order chi connectivity index (χ1) is 7.16. The maximum atomic E-state index is 5.80. The van der Waals surface area contributed by atoms with Gasteiger partial charge in [-0.15, -0.1) is 0 Å². The molecule has 0 spiro atoms. The lowest BCUT2D eigenvalue weighted by molar-refractivity contribution is 0.742. The van der Waals surface area contributed by atoms with Crippen LogP contribution >= 0.6 is 11.8 Å². The van der Waals surface area contributed by atoms with Crippen molar-refractivity contribution in [3.63, 3.8) is 0 Å². The van der Waals surface area contributed by atoms with Gasteiger partial charge in [0, 0.05) is 11.8 Å². The summed E-state index contributed by atoms with van der Waals surface area (Å²) in [6.07, 6.45) is 2.45. The van der Waals surface area contributed by atoms with E-state index in [4.69, 9.17) is 5.73 Å². The summed E-state index contributed by atoms with van der Waals surface area (Å²) in [4.78, 5) is 8.95. The molecule has 0 amide bonds. The summed E-state index contributed by atoms with van der Waals surface area (Å²) in [7, 11) is 0. The summed E-state index contributed by atoms with van der Waals surface area (Å²) in [6.45, 7) is 4.26. The van der Waals surface area contributed by atoms with E-state index in [1.165, 1.54) is 18.6 Å². The highest BCUT2D eigenvalue weighted by molar-refractivity contribution is 7.99. The van der Waals surface area contributed by atoms with Crippen LogP contribution < -0.4 is 5.73 Å². The van der Waals surface area contributed by atoms with Crippen LogP contribution in [0.5, 0.6) is 0 Å². The van der Waals surface area contributed by atoms with Gasteiger partial charge in [-0.1, -0.05) is 13.8 Å². The van der Waals surface area contributed by atoms with Crippen LogP contribution in [0.25, 0.3) is 0 Å². The Morgan fingerprint density at radius 3 is 2.87 bits per heavy atom. The zero-order chi connectivity index (χ0) is 10.8. The van der Waals surface area contributed by atoms with Crippen molar-refractivity contribution in [3.05, 3.63) is 17.6 Å². The lowest BCUT2D eigenvalue weighted by Gasteiger charge is -2.11. The number of nitrogens with zero attached hydrogens (tertiary/aromatic N) is 2. The highest BCUT2D eigenvalue weighted by atomic mass is 32.2. The van der Waals surface area contributed by atoms with Crippen molar-refractivity contribution in [3.8, 4) is 0 Å². The number of hydrogen-bond donors (Lipinski definition) is 1. The number of anilines is 1. The Kier molecular flexibility index (Phi) is 3.14. The number of rotatable bonds is 2. The van der Waals surface area contributed by atoms with Crippen LogP contribution in [0.2, 0.25) is 0 Å². The first-order valence-corrected chi connectivity index (χ1v) is 6.47. The number of nitrogen functional groups attached to an aromatic ring is 1. The predicted octanol–water partition coefficient (Wildman–Crippen LogP) is 2.75. The minimum Gasteiger partial charge on any atom is -0.384 e. The zero-order valence-corrected chi connectivity index (χ0v) is 10.0. The maximum Gasteiger partial charge on any atom is 0.143 e. The van der Waals surface area contributed by atoms with Crippen molar-refractivity contribution in [1.29, 1.82) is 0 Å². The maximum absolute atomic E-state index is 5.80. The molecule has 2 heterocycles. The molecule has 3 nitrogen and oxygen atoms in total. The Morgan fingerprint density at radius 1 is 1.47 bits per heavy atom. The van der Waals surface area contributed by atoms with Crippen LogP contribution in [0.15, 0.2) is 6.07 Å². The summed E-state index contributed by atoms with van der Waals surface area (Å²) in [5, 5.41) is 0.464. The second kappa shape index (κ2) is 4.39. The highest BCUT2D eigenvalue weighted by Crippen LogP contribution is 2.38. The molecule has 1 unspecified atom stereocenters. The van der Waals surface area contributed by atoms with E-state index in [1.54, 1.807) is 0 Å². The van der Waals surface area contributed by atoms with Crippen LogP contribution in [-0.4, -0.2) is 15.7 Å². The fourth-order valence-electron chi connectivity index (χ4n) is 1.73. The monoisotopic (exact) mass is 223 g/mol. The van der Waals surface area contributed by atoms with E-state index >= 15 is 0 Å². The van der Waals surface area contributed by atoms with Gasteiger partial charge in [0.05, 0.1) is 5.25 Å².